The smallest absolute Gasteiger partial charge is 0.294 e. The van der Waals surface area contributed by atoms with Crippen molar-refractivity contribution in [3.63, 3.8) is 0 Å². The number of hydrogen-bond acceptors (Lipinski definition) is 8. The molecule has 0 bridgehead atoms. The van der Waals surface area contributed by atoms with Crippen LogP contribution in [-0.4, -0.2) is 30.6 Å². The number of para-hydroxylation sites is 2. The molecule has 0 aliphatic heterocycles. The normalized spacial score (nSPS) is 10.7. The van der Waals surface area contributed by atoms with Crippen LogP contribution >= 0.6 is 11.3 Å². The first-order valence-corrected chi connectivity index (χ1v) is 10.3. The minimum absolute atomic E-state index is 0.106. The Bertz CT molecular complexity index is 1370. The van der Waals surface area contributed by atoms with Crippen LogP contribution in [0, 0.1) is 17.0 Å². The molecule has 0 saturated carbocycles. The van der Waals surface area contributed by atoms with E-state index in [4.69, 9.17) is 0 Å². The minimum atomic E-state index is -0.692. The van der Waals surface area contributed by atoms with Gasteiger partial charge in [0.15, 0.2) is 5.69 Å². The molecule has 10 nitrogen and oxygen atoms in total. The molecule has 0 fully saturated rings. The minimum Gasteiger partial charge on any atom is -0.344 e. The van der Waals surface area contributed by atoms with Gasteiger partial charge in [-0.25, -0.2) is 9.67 Å². The Hall–Kier alpha value is -4.25. The summed E-state index contributed by atoms with van der Waals surface area (Å²) < 4.78 is 1.22. The lowest BCUT2D eigenvalue weighted by Crippen LogP contribution is -2.31. The Kier molecular flexibility index (Phi) is 5.81. The van der Waals surface area contributed by atoms with Crippen LogP contribution in [0.15, 0.2) is 65.0 Å². The van der Waals surface area contributed by atoms with Crippen molar-refractivity contribution in [1.82, 2.24) is 25.1 Å². The molecule has 0 saturated heterocycles. The van der Waals surface area contributed by atoms with Crippen LogP contribution in [0.1, 0.15) is 21.2 Å². The van der Waals surface area contributed by atoms with E-state index in [2.05, 4.69) is 20.4 Å². The van der Waals surface area contributed by atoms with Crippen molar-refractivity contribution in [3.05, 3.63) is 97.0 Å². The number of rotatable bonds is 6. The number of nitro benzene ring substituents is 1. The summed E-state index contributed by atoms with van der Waals surface area (Å²) in [5, 5.41) is 20.6. The zero-order valence-corrected chi connectivity index (χ0v) is 17.6. The van der Waals surface area contributed by atoms with E-state index >= 15 is 0 Å². The Morgan fingerprint density at radius 1 is 1.22 bits per heavy atom. The number of aromatic nitrogens is 4. The monoisotopic (exact) mass is 448 g/mol. The molecule has 0 aliphatic carbocycles. The third-order valence-electron chi connectivity index (χ3n) is 4.56. The van der Waals surface area contributed by atoms with Crippen LogP contribution in [0.2, 0.25) is 0 Å². The van der Waals surface area contributed by atoms with Gasteiger partial charge in [0.05, 0.1) is 17.2 Å². The molecular formula is C21H16N6O4S. The van der Waals surface area contributed by atoms with Gasteiger partial charge in [-0.2, -0.15) is 5.10 Å². The summed E-state index contributed by atoms with van der Waals surface area (Å²) >= 11 is 1.37. The third-order valence-corrected chi connectivity index (χ3v) is 5.41. The van der Waals surface area contributed by atoms with Gasteiger partial charge < -0.3 is 5.32 Å². The van der Waals surface area contributed by atoms with Gasteiger partial charge in [0.25, 0.3) is 11.6 Å². The average molecular weight is 448 g/mol. The Morgan fingerprint density at radius 3 is 2.72 bits per heavy atom. The van der Waals surface area contributed by atoms with E-state index in [-0.39, 0.29) is 23.6 Å². The summed E-state index contributed by atoms with van der Waals surface area (Å²) in [7, 11) is 0. The number of aryl methyl sites for hydroxylation is 1. The largest absolute Gasteiger partial charge is 0.344 e. The number of thiazole rings is 1. The van der Waals surface area contributed by atoms with Crippen LogP contribution in [0.25, 0.3) is 16.9 Å². The van der Waals surface area contributed by atoms with Gasteiger partial charge in [0.2, 0.25) is 5.43 Å². The molecular weight excluding hydrogens is 432 g/mol. The highest BCUT2D eigenvalue weighted by Gasteiger charge is 2.20. The maximum absolute atomic E-state index is 12.7. The summed E-state index contributed by atoms with van der Waals surface area (Å²) in [6.45, 7) is 1.69. The highest BCUT2D eigenvalue weighted by atomic mass is 32.1. The highest BCUT2D eigenvalue weighted by Crippen LogP contribution is 2.23. The topological polar surface area (TPSA) is 133 Å². The number of hydrogen-bond donors (Lipinski definition) is 1. The van der Waals surface area contributed by atoms with Crippen LogP contribution in [0.5, 0.6) is 0 Å². The fraction of sp³-hybridized carbons (Fsp3) is 0.0952. The first-order chi connectivity index (χ1) is 15.4. The van der Waals surface area contributed by atoms with Gasteiger partial charge >= 0.3 is 0 Å². The summed E-state index contributed by atoms with van der Waals surface area (Å²) in [6.07, 6.45) is 3.34. The molecule has 1 aromatic carbocycles. The highest BCUT2D eigenvalue weighted by molar-refractivity contribution is 7.09. The van der Waals surface area contributed by atoms with Gasteiger partial charge in [-0.3, -0.25) is 24.7 Å². The van der Waals surface area contributed by atoms with Gasteiger partial charge in [-0.15, -0.1) is 11.3 Å². The number of pyridine rings is 1. The van der Waals surface area contributed by atoms with E-state index < -0.39 is 16.3 Å². The molecule has 0 unspecified atom stereocenters. The van der Waals surface area contributed by atoms with E-state index in [9.17, 15) is 19.7 Å². The lowest BCUT2D eigenvalue weighted by Gasteiger charge is -2.11. The van der Waals surface area contributed by atoms with Crippen molar-refractivity contribution in [1.29, 1.82) is 0 Å². The standard InChI is InChI=1S/C21H16N6O4S/c1-13-10-18(28)20(25-26(13)16-4-2-3-5-17(16)27(30)31)21(29)23-11-19-24-15(12-32-19)14-6-8-22-9-7-14/h2-10,12H,11H2,1H3,(H,23,29). The van der Waals surface area contributed by atoms with Gasteiger partial charge in [0.1, 0.15) is 10.7 Å². The van der Waals surface area contributed by atoms with Gasteiger partial charge in [-0.05, 0) is 25.1 Å². The molecule has 3 aromatic heterocycles. The quantitative estimate of drug-likeness (QED) is 0.354. The second kappa shape index (κ2) is 8.86. The van der Waals surface area contributed by atoms with E-state index in [1.54, 1.807) is 25.4 Å². The Balaban J connectivity index is 1.57. The molecule has 0 atom stereocenters. The maximum atomic E-state index is 12.7. The molecule has 1 amide bonds. The number of benzene rings is 1. The summed E-state index contributed by atoms with van der Waals surface area (Å²) in [5.74, 6) is -0.692. The van der Waals surface area contributed by atoms with E-state index in [0.717, 1.165) is 11.3 Å². The Labute approximate surface area is 185 Å². The maximum Gasteiger partial charge on any atom is 0.294 e. The number of carbonyl (C=O) groups is 1. The molecule has 0 aliphatic rings. The average Bonchev–Trinajstić information content (AvgIpc) is 3.27. The van der Waals surface area contributed by atoms with Crippen molar-refractivity contribution in [3.8, 4) is 16.9 Å². The van der Waals surface area contributed by atoms with Crippen molar-refractivity contribution >= 4 is 22.9 Å². The van der Waals surface area contributed by atoms with Crippen molar-refractivity contribution in [2.24, 2.45) is 0 Å². The lowest BCUT2D eigenvalue weighted by molar-refractivity contribution is -0.384. The SMILES string of the molecule is Cc1cc(=O)c(C(=O)NCc2nc(-c3ccncc3)cs2)nn1-c1ccccc1[N+](=O)[O-]. The predicted octanol–water partition coefficient (Wildman–Crippen LogP) is 2.90. The number of amides is 1. The predicted molar refractivity (Wildman–Crippen MR) is 118 cm³/mol. The number of carbonyl (C=O) groups excluding carboxylic acids is 1. The summed E-state index contributed by atoms with van der Waals surface area (Å²) in [4.78, 5) is 44.3. The third kappa shape index (κ3) is 4.27. The van der Waals surface area contributed by atoms with Crippen LogP contribution in [-0.2, 0) is 6.54 Å². The first-order valence-electron chi connectivity index (χ1n) is 9.42. The lowest BCUT2D eigenvalue weighted by atomic mass is 10.2. The number of nitrogens with zero attached hydrogens (tertiary/aromatic N) is 5. The van der Waals surface area contributed by atoms with Crippen molar-refractivity contribution < 1.29 is 9.72 Å². The molecule has 4 aromatic rings. The Morgan fingerprint density at radius 2 is 1.97 bits per heavy atom. The van der Waals surface area contributed by atoms with Crippen molar-refractivity contribution in [2.45, 2.75) is 13.5 Å². The molecule has 11 heteroatoms. The van der Waals surface area contributed by atoms with Crippen LogP contribution < -0.4 is 10.7 Å². The van der Waals surface area contributed by atoms with Crippen LogP contribution in [0.4, 0.5) is 5.69 Å². The summed E-state index contributed by atoms with van der Waals surface area (Å²) in [5.41, 5.74) is 1.06. The summed E-state index contributed by atoms with van der Waals surface area (Å²) in [6, 6.07) is 10.9. The first kappa shape index (κ1) is 21.0. The molecule has 32 heavy (non-hydrogen) atoms. The molecule has 3 heterocycles. The van der Waals surface area contributed by atoms with E-state index in [1.165, 1.54) is 40.3 Å². The second-order valence-electron chi connectivity index (χ2n) is 6.70. The van der Waals surface area contributed by atoms with E-state index in [0.29, 0.717) is 10.7 Å². The zero-order valence-electron chi connectivity index (χ0n) is 16.8. The fourth-order valence-electron chi connectivity index (χ4n) is 3.03. The zero-order chi connectivity index (χ0) is 22.7. The van der Waals surface area contributed by atoms with Crippen molar-refractivity contribution in [2.75, 3.05) is 0 Å². The van der Waals surface area contributed by atoms with Gasteiger partial charge in [0, 0.05) is 41.2 Å². The molecule has 4 rings (SSSR count). The second-order valence-corrected chi connectivity index (χ2v) is 7.64. The van der Waals surface area contributed by atoms with Gasteiger partial charge in [-0.1, -0.05) is 12.1 Å². The number of nitro groups is 1. The fourth-order valence-corrected chi connectivity index (χ4v) is 3.78. The molecule has 0 spiro atoms. The molecule has 1 N–H and O–H groups in total. The number of nitrogens with one attached hydrogen (secondary N) is 1. The molecule has 160 valence electrons. The van der Waals surface area contributed by atoms with Crippen LogP contribution in [0.3, 0.4) is 0 Å². The molecule has 0 radical (unpaired) electrons. The van der Waals surface area contributed by atoms with E-state index in [1.807, 2.05) is 17.5 Å².